The molecule has 0 saturated heterocycles. The van der Waals surface area contributed by atoms with Gasteiger partial charge in [-0.25, -0.2) is 0 Å². The Morgan fingerprint density at radius 1 is 1.03 bits per heavy atom. The predicted octanol–water partition coefficient (Wildman–Crippen LogP) is 3.56. The van der Waals surface area contributed by atoms with Gasteiger partial charge in [-0.3, -0.25) is 4.79 Å². The van der Waals surface area contributed by atoms with E-state index in [-0.39, 0.29) is 56.1 Å². The van der Waals surface area contributed by atoms with Gasteiger partial charge in [0.25, 0.3) is 0 Å². The van der Waals surface area contributed by atoms with Crippen molar-refractivity contribution in [1.29, 1.82) is 0 Å². The van der Waals surface area contributed by atoms with Crippen molar-refractivity contribution in [1.82, 2.24) is 0 Å². The number of phenols is 3. The number of aliphatic hydroxyl groups is 1. The number of rotatable bonds is 3. The largest absolute Gasteiger partial charge is 0.508 e. The van der Waals surface area contributed by atoms with E-state index in [1.54, 1.807) is 0 Å². The van der Waals surface area contributed by atoms with E-state index >= 15 is 0 Å². The summed E-state index contributed by atoms with van der Waals surface area (Å²) in [6, 6.07) is 5.13. The summed E-state index contributed by atoms with van der Waals surface area (Å²) < 4.78 is 16.4. The average molecular weight is 398 g/mol. The van der Waals surface area contributed by atoms with Gasteiger partial charge >= 0.3 is 0 Å². The van der Waals surface area contributed by atoms with Gasteiger partial charge in [-0.15, -0.1) is 0 Å². The van der Waals surface area contributed by atoms with Crippen molar-refractivity contribution in [2.24, 2.45) is 0 Å². The Kier molecular flexibility index (Phi) is 3.99. The molecule has 4 aromatic rings. The lowest BCUT2D eigenvalue weighted by Crippen LogP contribution is -2.13. The molecule has 0 fully saturated rings. The Hall–Kier alpha value is -3.65. The minimum absolute atomic E-state index is 0.00913. The maximum Gasteiger partial charge on any atom is 0.204 e. The number of ether oxygens (including phenoxy) is 1. The van der Waals surface area contributed by atoms with Gasteiger partial charge < -0.3 is 34.0 Å². The quantitative estimate of drug-likeness (QED) is 0.412. The summed E-state index contributed by atoms with van der Waals surface area (Å²) in [5.74, 6) is -0.627. The average Bonchev–Trinajstić information content (AvgIpc) is 3.09. The van der Waals surface area contributed by atoms with Gasteiger partial charge in [0.05, 0.1) is 18.1 Å². The van der Waals surface area contributed by atoms with Crippen LogP contribution in [0.4, 0.5) is 0 Å². The molecular formula is C21H18O8. The lowest BCUT2D eigenvalue weighted by Gasteiger charge is -2.12. The van der Waals surface area contributed by atoms with Gasteiger partial charge in [0.2, 0.25) is 5.43 Å². The number of benzene rings is 2. The Balaban J connectivity index is 2.11. The van der Waals surface area contributed by atoms with Crippen molar-refractivity contribution >= 4 is 21.9 Å². The molecule has 0 aliphatic heterocycles. The predicted molar refractivity (Wildman–Crippen MR) is 104 cm³/mol. The summed E-state index contributed by atoms with van der Waals surface area (Å²) in [4.78, 5) is 13.1. The van der Waals surface area contributed by atoms with Gasteiger partial charge in [-0.1, -0.05) is 0 Å². The van der Waals surface area contributed by atoms with E-state index < -0.39 is 16.8 Å². The maximum atomic E-state index is 13.1. The molecule has 8 nitrogen and oxygen atoms in total. The molecule has 0 amide bonds. The topological polar surface area (TPSA) is 134 Å². The second kappa shape index (κ2) is 6.18. The van der Waals surface area contributed by atoms with Crippen molar-refractivity contribution < 1.29 is 34.0 Å². The molecule has 0 aliphatic carbocycles. The first-order valence-corrected chi connectivity index (χ1v) is 8.66. The van der Waals surface area contributed by atoms with Crippen molar-refractivity contribution in [3.8, 4) is 34.1 Å². The normalized spacial score (nSPS) is 12.0. The molecule has 2 aromatic carbocycles. The second-order valence-electron chi connectivity index (χ2n) is 7.20. The first kappa shape index (κ1) is 18.7. The summed E-state index contributed by atoms with van der Waals surface area (Å²) in [5.41, 5.74) is -1.47. The molecule has 0 atom stereocenters. The van der Waals surface area contributed by atoms with Crippen LogP contribution < -0.4 is 10.2 Å². The molecule has 0 aliphatic rings. The third kappa shape index (κ3) is 2.85. The van der Waals surface area contributed by atoms with E-state index in [1.807, 2.05) is 0 Å². The number of hydrogen-bond donors (Lipinski definition) is 4. The minimum Gasteiger partial charge on any atom is -0.508 e. The minimum atomic E-state index is -1.33. The zero-order valence-electron chi connectivity index (χ0n) is 15.8. The van der Waals surface area contributed by atoms with Gasteiger partial charge in [0, 0.05) is 17.7 Å². The Bertz CT molecular complexity index is 1320. The van der Waals surface area contributed by atoms with Crippen LogP contribution in [0.15, 0.2) is 44.2 Å². The molecule has 0 saturated carbocycles. The number of furan rings is 1. The van der Waals surface area contributed by atoms with Gasteiger partial charge in [-0.2, -0.15) is 0 Å². The fraction of sp³-hybridized carbons (Fsp3) is 0.190. The number of phenolic OH excluding ortho intramolecular Hbond substituents is 3. The van der Waals surface area contributed by atoms with Crippen molar-refractivity contribution in [2.75, 3.05) is 7.11 Å². The monoisotopic (exact) mass is 398 g/mol. The van der Waals surface area contributed by atoms with E-state index in [4.69, 9.17) is 13.6 Å². The highest BCUT2D eigenvalue weighted by Crippen LogP contribution is 2.44. The highest BCUT2D eigenvalue weighted by atomic mass is 16.5. The number of hydrogen-bond acceptors (Lipinski definition) is 8. The number of fused-ring (bicyclic) bond motifs is 2. The molecule has 150 valence electrons. The van der Waals surface area contributed by atoms with Crippen LogP contribution >= 0.6 is 0 Å². The van der Waals surface area contributed by atoms with E-state index in [0.717, 1.165) is 6.07 Å². The molecule has 2 heterocycles. The molecular weight excluding hydrogens is 380 g/mol. The van der Waals surface area contributed by atoms with E-state index in [9.17, 15) is 25.2 Å². The molecule has 0 unspecified atom stereocenters. The van der Waals surface area contributed by atoms with Crippen LogP contribution in [0.3, 0.4) is 0 Å². The molecule has 4 rings (SSSR count). The molecule has 0 spiro atoms. The van der Waals surface area contributed by atoms with E-state index in [0.29, 0.717) is 0 Å². The van der Waals surface area contributed by atoms with Crippen LogP contribution in [0.2, 0.25) is 0 Å². The van der Waals surface area contributed by atoms with Crippen LogP contribution in [0.1, 0.15) is 19.6 Å². The molecule has 29 heavy (non-hydrogen) atoms. The smallest absolute Gasteiger partial charge is 0.204 e. The zero-order chi connectivity index (χ0) is 21.1. The molecule has 0 radical (unpaired) electrons. The van der Waals surface area contributed by atoms with Crippen LogP contribution in [-0.2, 0) is 5.60 Å². The second-order valence-corrected chi connectivity index (χ2v) is 7.20. The summed E-state index contributed by atoms with van der Waals surface area (Å²) in [6.45, 7) is 3.04. The van der Waals surface area contributed by atoms with Gasteiger partial charge in [-0.05, 0) is 26.0 Å². The molecule has 0 bridgehead atoms. The maximum absolute atomic E-state index is 13.1. The fourth-order valence-electron chi connectivity index (χ4n) is 3.23. The molecule has 4 N–H and O–H groups in total. The summed E-state index contributed by atoms with van der Waals surface area (Å²) in [6.07, 6.45) is 1.17. The Morgan fingerprint density at radius 2 is 1.76 bits per heavy atom. The van der Waals surface area contributed by atoms with Crippen LogP contribution in [-0.4, -0.2) is 27.5 Å². The van der Waals surface area contributed by atoms with Crippen molar-refractivity contribution in [2.45, 2.75) is 19.4 Å². The Morgan fingerprint density at radius 3 is 2.41 bits per heavy atom. The fourth-order valence-corrected chi connectivity index (χ4v) is 3.23. The molecule has 8 heteroatoms. The third-order valence-corrected chi connectivity index (χ3v) is 4.70. The lowest BCUT2D eigenvalue weighted by atomic mass is 10.0. The first-order chi connectivity index (χ1) is 13.6. The highest BCUT2D eigenvalue weighted by molar-refractivity contribution is 6.00. The van der Waals surface area contributed by atoms with Gasteiger partial charge in [0.1, 0.15) is 45.7 Å². The summed E-state index contributed by atoms with van der Waals surface area (Å²) >= 11 is 0. The van der Waals surface area contributed by atoms with E-state index in [2.05, 4.69) is 0 Å². The lowest BCUT2D eigenvalue weighted by molar-refractivity contribution is 0.0559. The first-order valence-electron chi connectivity index (χ1n) is 8.66. The van der Waals surface area contributed by atoms with Crippen LogP contribution in [0.5, 0.6) is 23.0 Å². The van der Waals surface area contributed by atoms with Crippen molar-refractivity contribution in [3.05, 3.63) is 46.5 Å². The molecule has 2 aromatic heterocycles. The van der Waals surface area contributed by atoms with Crippen molar-refractivity contribution in [3.63, 3.8) is 0 Å². The standard InChI is InChI=1S/C21H18O8/c1-21(2,26)16-7-11-18(24)15(27-3)6-10(20(11)29-16)12-8-28-14-5-9(22)4-13(23)17(14)19(12)25/h4-8,22-24,26H,1-3H3. The zero-order valence-corrected chi connectivity index (χ0v) is 15.8. The Labute approximate surface area is 163 Å². The van der Waals surface area contributed by atoms with Crippen LogP contribution in [0, 0.1) is 0 Å². The van der Waals surface area contributed by atoms with Gasteiger partial charge in [0.15, 0.2) is 11.5 Å². The number of aromatic hydroxyl groups is 3. The number of methoxy groups -OCH3 is 1. The third-order valence-electron chi connectivity index (χ3n) is 4.70. The highest BCUT2D eigenvalue weighted by Gasteiger charge is 2.26. The van der Waals surface area contributed by atoms with E-state index in [1.165, 1.54) is 45.4 Å². The summed E-state index contributed by atoms with van der Waals surface area (Å²) in [7, 11) is 1.36. The summed E-state index contributed by atoms with van der Waals surface area (Å²) in [5, 5.41) is 40.6. The SMILES string of the molecule is COc1cc(-c2coc3cc(O)cc(O)c3c2=O)c2oc(C(C)(C)O)cc2c1O. The van der Waals surface area contributed by atoms with Crippen LogP contribution in [0.25, 0.3) is 33.1 Å².